The summed E-state index contributed by atoms with van der Waals surface area (Å²) in [6.07, 6.45) is -0.726. The number of nitrogens with zero attached hydrogens (tertiary/aromatic N) is 2. The topological polar surface area (TPSA) is 60.9 Å². The van der Waals surface area contributed by atoms with E-state index in [1.165, 1.54) is 10.4 Å². The predicted molar refractivity (Wildman–Crippen MR) is 94.4 cm³/mol. The molecule has 1 fully saturated rings. The molecule has 5 nitrogen and oxygen atoms in total. The molecule has 1 heterocycles. The van der Waals surface area contributed by atoms with Crippen LogP contribution in [-0.4, -0.2) is 44.0 Å². The van der Waals surface area contributed by atoms with Crippen molar-refractivity contribution >= 4 is 15.7 Å². The SMILES string of the molecule is CC(O)c1ccc(N2CCN(S(=O)(=O)c3ccccc3)CC2)c(F)c1. The Kier molecular flexibility index (Phi) is 5.08. The third-order valence-electron chi connectivity index (χ3n) is 4.41. The molecule has 0 radical (unpaired) electrons. The molecule has 0 aromatic heterocycles. The zero-order valence-corrected chi connectivity index (χ0v) is 14.8. The molecule has 1 aliphatic heterocycles. The second-order valence-corrected chi connectivity index (χ2v) is 8.03. The van der Waals surface area contributed by atoms with E-state index in [1.807, 2.05) is 4.90 Å². The predicted octanol–water partition coefficient (Wildman–Crippen LogP) is 2.39. The fourth-order valence-corrected chi connectivity index (χ4v) is 4.39. The molecule has 1 atom stereocenters. The van der Waals surface area contributed by atoms with E-state index >= 15 is 0 Å². The number of halogens is 1. The van der Waals surface area contributed by atoms with E-state index in [0.29, 0.717) is 37.4 Å². The monoisotopic (exact) mass is 364 g/mol. The van der Waals surface area contributed by atoms with Gasteiger partial charge >= 0.3 is 0 Å². The van der Waals surface area contributed by atoms with Crippen LogP contribution in [-0.2, 0) is 10.0 Å². The lowest BCUT2D eigenvalue weighted by Crippen LogP contribution is -2.48. The molecule has 1 saturated heterocycles. The first-order valence-corrected chi connectivity index (χ1v) is 9.61. The van der Waals surface area contributed by atoms with Crippen molar-refractivity contribution in [2.45, 2.75) is 17.9 Å². The van der Waals surface area contributed by atoms with Crippen molar-refractivity contribution in [2.75, 3.05) is 31.1 Å². The number of anilines is 1. The summed E-state index contributed by atoms with van der Waals surface area (Å²) in [5.74, 6) is -0.405. The van der Waals surface area contributed by atoms with E-state index in [1.54, 1.807) is 49.4 Å². The van der Waals surface area contributed by atoms with Crippen LogP contribution in [0.1, 0.15) is 18.6 Å². The van der Waals surface area contributed by atoms with E-state index in [4.69, 9.17) is 0 Å². The Bertz CT molecular complexity index is 833. The minimum Gasteiger partial charge on any atom is -0.389 e. The summed E-state index contributed by atoms with van der Waals surface area (Å²) in [7, 11) is -3.52. The highest BCUT2D eigenvalue weighted by molar-refractivity contribution is 7.89. The van der Waals surface area contributed by atoms with Gasteiger partial charge in [0.15, 0.2) is 0 Å². The number of rotatable bonds is 4. The second-order valence-electron chi connectivity index (χ2n) is 6.09. The van der Waals surface area contributed by atoms with Crippen LogP contribution in [0.3, 0.4) is 0 Å². The number of aliphatic hydroxyl groups excluding tert-OH is 1. The molecule has 0 bridgehead atoms. The summed E-state index contributed by atoms with van der Waals surface area (Å²) >= 11 is 0. The largest absolute Gasteiger partial charge is 0.389 e. The maximum absolute atomic E-state index is 14.3. The first kappa shape index (κ1) is 17.8. The molecule has 0 saturated carbocycles. The third-order valence-corrected chi connectivity index (χ3v) is 6.33. The second kappa shape index (κ2) is 7.11. The van der Waals surface area contributed by atoms with Gasteiger partial charge in [-0.25, -0.2) is 12.8 Å². The fourth-order valence-electron chi connectivity index (χ4n) is 2.95. The summed E-state index contributed by atoms with van der Waals surface area (Å²) in [5, 5.41) is 9.53. The lowest BCUT2D eigenvalue weighted by molar-refractivity contribution is 0.199. The molecule has 0 amide bonds. The van der Waals surface area contributed by atoms with Gasteiger partial charge in [0.25, 0.3) is 0 Å². The summed E-state index contributed by atoms with van der Waals surface area (Å²) < 4.78 is 41.0. The number of benzene rings is 2. The average Bonchev–Trinajstić information content (AvgIpc) is 2.62. The van der Waals surface area contributed by atoms with Gasteiger partial charge in [0, 0.05) is 26.2 Å². The van der Waals surface area contributed by atoms with Gasteiger partial charge in [0.2, 0.25) is 10.0 Å². The highest BCUT2D eigenvalue weighted by atomic mass is 32.2. The molecule has 1 N–H and O–H groups in total. The highest BCUT2D eigenvalue weighted by Gasteiger charge is 2.29. The lowest BCUT2D eigenvalue weighted by atomic mass is 10.1. The van der Waals surface area contributed by atoms with E-state index in [-0.39, 0.29) is 4.90 Å². The van der Waals surface area contributed by atoms with Crippen LogP contribution in [0.4, 0.5) is 10.1 Å². The van der Waals surface area contributed by atoms with Crippen molar-refractivity contribution in [1.82, 2.24) is 4.31 Å². The van der Waals surface area contributed by atoms with Crippen LogP contribution in [0.25, 0.3) is 0 Å². The Morgan fingerprint density at radius 2 is 1.68 bits per heavy atom. The van der Waals surface area contributed by atoms with Gasteiger partial charge < -0.3 is 10.0 Å². The molecular weight excluding hydrogens is 343 g/mol. The molecule has 0 aliphatic carbocycles. The standard InChI is InChI=1S/C18H21FN2O3S/c1-14(22)15-7-8-18(17(19)13-15)20-9-11-21(12-10-20)25(23,24)16-5-3-2-4-6-16/h2-8,13-14,22H,9-12H2,1H3. The Labute approximate surface area is 147 Å². The van der Waals surface area contributed by atoms with Crippen LogP contribution in [0.2, 0.25) is 0 Å². The Balaban J connectivity index is 1.72. The number of aliphatic hydroxyl groups is 1. The quantitative estimate of drug-likeness (QED) is 0.905. The Morgan fingerprint density at radius 3 is 2.24 bits per heavy atom. The van der Waals surface area contributed by atoms with Gasteiger partial charge in [0.05, 0.1) is 16.7 Å². The van der Waals surface area contributed by atoms with Gasteiger partial charge in [-0.15, -0.1) is 0 Å². The molecule has 0 spiro atoms. The molecule has 25 heavy (non-hydrogen) atoms. The lowest BCUT2D eigenvalue weighted by Gasteiger charge is -2.35. The Morgan fingerprint density at radius 1 is 1.04 bits per heavy atom. The van der Waals surface area contributed by atoms with Gasteiger partial charge in [0.1, 0.15) is 5.82 Å². The van der Waals surface area contributed by atoms with E-state index < -0.39 is 21.9 Å². The van der Waals surface area contributed by atoms with Crippen LogP contribution >= 0.6 is 0 Å². The first-order valence-electron chi connectivity index (χ1n) is 8.17. The highest BCUT2D eigenvalue weighted by Crippen LogP contribution is 2.26. The first-order chi connectivity index (χ1) is 11.9. The molecule has 1 unspecified atom stereocenters. The molecule has 1 aliphatic rings. The maximum Gasteiger partial charge on any atom is 0.243 e. The number of hydrogen-bond acceptors (Lipinski definition) is 4. The summed E-state index contributed by atoms with van der Waals surface area (Å²) in [6.45, 7) is 3.01. The van der Waals surface area contributed by atoms with Crippen LogP contribution in [0.15, 0.2) is 53.4 Å². The molecule has 7 heteroatoms. The zero-order chi connectivity index (χ0) is 18.0. The number of piperazine rings is 1. The minimum absolute atomic E-state index is 0.274. The smallest absolute Gasteiger partial charge is 0.243 e. The zero-order valence-electron chi connectivity index (χ0n) is 14.0. The Hall–Kier alpha value is -1.96. The van der Waals surface area contributed by atoms with Crippen LogP contribution in [0, 0.1) is 5.82 Å². The maximum atomic E-state index is 14.3. The van der Waals surface area contributed by atoms with Crippen molar-refractivity contribution < 1.29 is 17.9 Å². The van der Waals surface area contributed by atoms with E-state index in [2.05, 4.69) is 0 Å². The number of hydrogen-bond donors (Lipinski definition) is 1. The van der Waals surface area contributed by atoms with Gasteiger partial charge in [-0.1, -0.05) is 24.3 Å². The molecule has 2 aromatic rings. The van der Waals surface area contributed by atoms with Crippen molar-refractivity contribution in [2.24, 2.45) is 0 Å². The molecule has 134 valence electrons. The van der Waals surface area contributed by atoms with Crippen LogP contribution in [0.5, 0.6) is 0 Å². The molecule has 3 rings (SSSR count). The normalized spacial score (nSPS) is 17.5. The van der Waals surface area contributed by atoms with Crippen molar-refractivity contribution in [1.29, 1.82) is 0 Å². The third kappa shape index (κ3) is 3.68. The van der Waals surface area contributed by atoms with Crippen LogP contribution < -0.4 is 4.90 Å². The van der Waals surface area contributed by atoms with Crippen molar-refractivity contribution in [3.8, 4) is 0 Å². The van der Waals surface area contributed by atoms with Gasteiger partial charge in [-0.05, 0) is 36.8 Å². The molecular formula is C18H21FN2O3S. The van der Waals surface area contributed by atoms with E-state index in [9.17, 15) is 17.9 Å². The van der Waals surface area contributed by atoms with Crippen molar-refractivity contribution in [3.63, 3.8) is 0 Å². The molecule has 2 aromatic carbocycles. The summed E-state index contributed by atoms with van der Waals surface area (Å²) in [4.78, 5) is 2.11. The minimum atomic E-state index is -3.52. The van der Waals surface area contributed by atoms with E-state index in [0.717, 1.165) is 0 Å². The van der Waals surface area contributed by atoms with Crippen molar-refractivity contribution in [3.05, 3.63) is 59.9 Å². The summed E-state index contributed by atoms with van der Waals surface area (Å²) in [5.41, 5.74) is 0.952. The van der Waals surface area contributed by atoms with Gasteiger partial charge in [-0.3, -0.25) is 0 Å². The summed E-state index contributed by atoms with van der Waals surface area (Å²) in [6, 6.07) is 13.0. The fraction of sp³-hybridized carbons (Fsp3) is 0.333. The van der Waals surface area contributed by atoms with Gasteiger partial charge in [-0.2, -0.15) is 4.31 Å². The average molecular weight is 364 g/mol. The number of sulfonamides is 1.